The van der Waals surface area contributed by atoms with Gasteiger partial charge < -0.3 is 14.8 Å². The molecule has 0 saturated heterocycles. The minimum absolute atomic E-state index is 0.0546. The highest BCUT2D eigenvalue weighted by atomic mass is 16.5. The number of hydrogen-bond acceptors (Lipinski definition) is 6. The summed E-state index contributed by atoms with van der Waals surface area (Å²) in [7, 11) is 2.89. The smallest absolute Gasteiger partial charge is 0.337 e. The molecule has 0 spiro atoms. The monoisotopic (exact) mass is 341 g/mol. The van der Waals surface area contributed by atoms with Crippen molar-refractivity contribution in [3.63, 3.8) is 0 Å². The lowest BCUT2D eigenvalue weighted by Crippen LogP contribution is -2.26. The van der Waals surface area contributed by atoms with Crippen LogP contribution in [0.3, 0.4) is 0 Å². The molecule has 2 aromatic rings. The van der Waals surface area contributed by atoms with Crippen LogP contribution in [0.5, 0.6) is 5.75 Å². The molecule has 2 N–H and O–H groups in total. The number of benzene rings is 2. The molecule has 0 aliphatic carbocycles. The maximum atomic E-state index is 11.8. The average Bonchev–Trinajstić information content (AvgIpc) is 2.66. The first kappa shape index (κ1) is 18.0. The third kappa shape index (κ3) is 5.35. The molecule has 0 bridgehead atoms. The van der Waals surface area contributed by atoms with E-state index in [0.717, 1.165) is 11.3 Å². The van der Waals surface area contributed by atoms with Gasteiger partial charge in [-0.15, -0.1) is 0 Å². The van der Waals surface area contributed by atoms with Crippen LogP contribution in [0.1, 0.15) is 15.9 Å². The molecule has 7 nitrogen and oxygen atoms in total. The first-order valence-corrected chi connectivity index (χ1v) is 7.51. The lowest BCUT2D eigenvalue weighted by atomic mass is 10.1. The molecule has 2 rings (SSSR count). The Balaban J connectivity index is 1.83. The Morgan fingerprint density at radius 2 is 1.80 bits per heavy atom. The van der Waals surface area contributed by atoms with Gasteiger partial charge in [0.2, 0.25) is 0 Å². The third-order valence-electron chi connectivity index (χ3n) is 3.28. The van der Waals surface area contributed by atoms with Crippen LogP contribution in [0.4, 0.5) is 5.69 Å². The molecule has 25 heavy (non-hydrogen) atoms. The van der Waals surface area contributed by atoms with Crippen LogP contribution >= 0.6 is 0 Å². The molecule has 0 aliphatic rings. The Bertz CT molecular complexity index is 757. The zero-order chi connectivity index (χ0) is 18.1. The number of nitrogens with zero attached hydrogens (tertiary/aromatic N) is 1. The van der Waals surface area contributed by atoms with Gasteiger partial charge in [-0.1, -0.05) is 24.3 Å². The summed E-state index contributed by atoms with van der Waals surface area (Å²) in [5.74, 6) is -0.0444. The van der Waals surface area contributed by atoms with Crippen LogP contribution in [0.25, 0.3) is 0 Å². The van der Waals surface area contributed by atoms with Crippen molar-refractivity contribution in [3.05, 3.63) is 59.7 Å². The molecule has 0 fully saturated rings. The molecule has 7 heteroatoms. The minimum atomic E-state index is -0.404. The Kier molecular flexibility index (Phi) is 6.53. The molecule has 0 atom stereocenters. The van der Waals surface area contributed by atoms with E-state index in [1.807, 2.05) is 18.2 Å². The van der Waals surface area contributed by atoms with Gasteiger partial charge in [0, 0.05) is 0 Å². The number of carbonyl (C=O) groups is 2. The van der Waals surface area contributed by atoms with E-state index in [1.54, 1.807) is 37.4 Å². The summed E-state index contributed by atoms with van der Waals surface area (Å²) in [5, 5.41) is 6.86. The third-order valence-corrected chi connectivity index (χ3v) is 3.28. The van der Waals surface area contributed by atoms with Gasteiger partial charge in [-0.05, 0) is 29.8 Å². The van der Waals surface area contributed by atoms with E-state index in [1.165, 1.54) is 13.3 Å². The van der Waals surface area contributed by atoms with Crippen molar-refractivity contribution in [1.82, 2.24) is 5.43 Å². The summed E-state index contributed by atoms with van der Waals surface area (Å²) in [6, 6.07) is 14.0. The zero-order valence-corrected chi connectivity index (χ0v) is 14.0. The van der Waals surface area contributed by atoms with Crippen LogP contribution < -0.4 is 15.5 Å². The van der Waals surface area contributed by atoms with Gasteiger partial charge in [0.15, 0.2) is 0 Å². The van der Waals surface area contributed by atoms with Crippen molar-refractivity contribution in [3.8, 4) is 5.75 Å². The van der Waals surface area contributed by atoms with Gasteiger partial charge in [0.05, 0.1) is 38.2 Å². The van der Waals surface area contributed by atoms with E-state index in [0.29, 0.717) is 11.3 Å². The molecule has 0 radical (unpaired) electrons. The second-order valence-corrected chi connectivity index (χ2v) is 4.96. The summed E-state index contributed by atoms with van der Waals surface area (Å²) in [4.78, 5) is 23.1. The van der Waals surface area contributed by atoms with Gasteiger partial charge in [-0.3, -0.25) is 4.79 Å². The summed E-state index contributed by atoms with van der Waals surface area (Å²) in [6.45, 7) is 0.0546. The molecule has 0 saturated carbocycles. The summed E-state index contributed by atoms with van der Waals surface area (Å²) in [6.07, 6.45) is 1.49. The number of anilines is 1. The second-order valence-electron chi connectivity index (χ2n) is 4.96. The number of amides is 1. The topological polar surface area (TPSA) is 89.0 Å². The SMILES string of the molecule is COC(=O)c1ccc(C=NNC(=O)CNc2ccccc2OC)cc1. The van der Waals surface area contributed by atoms with Crippen LogP contribution in [0.15, 0.2) is 53.6 Å². The maximum absolute atomic E-state index is 11.8. The van der Waals surface area contributed by atoms with E-state index in [2.05, 4.69) is 20.6 Å². The fourth-order valence-corrected chi connectivity index (χ4v) is 2.01. The van der Waals surface area contributed by atoms with E-state index in [9.17, 15) is 9.59 Å². The van der Waals surface area contributed by atoms with E-state index < -0.39 is 5.97 Å². The minimum Gasteiger partial charge on any atom is -0.495 e. The molecular weight excluding hydrogens is 322 g/mol. The number of nitrogens with one attached hydrogen (secondary N) is 2. The number of ether oxygens (including phenoxy) is 2. The Morgan fingerprint density at radius 3 is 2.48 bits per heavy atom. The van der Waals surface area contributed by atoms with Gasteiger partial charge in [0.1, 0.15) is 5.75 Å². The van der Waals surface area contributed by atoms with Gasteiger partial charge in [0.25, 0.3) is 5.91 Å². The molecule has 1 amide bonds. The molecule has 2 aromatic carbocycles. The zero-order valence-electron chi connectivity index (χ0n) is 14.0. The van der Waals surface area contributed by atoms with Crippen molar-refractivity contribution in [1.29, 1.82) is 0 Å². The van der Waals surface area contributed by atoms with Crippen molar-refractivity contribution < 1.29 is 19.1 Å². The number of hydrazone groups is 1. The predicted octanol–water partition coefficient (Wildman–Crippen LogP) is 2.04. The quantitative estimate of drug-likeness (QED) is 0.457. The highest BCUT2D eigenvalue weighted by Gasteiger charge is 2.05. The molecular formula is C18H19N3O4. The fourth-order valence-electron chi connectivity index (χ4n) is 2.01. The molecule has 0 unspecified atom stereocenters. The average molecular weight is 341 g/mol. The van der Waals surface area contributed by atoms with Crippen molar-refractivity contribution in [2.24, 2.45) is 5.10 Å². The number of esters is 1. The number of para-hydroxylation sites is 2. The molecule has 0 heterocycles. The van der Waals surface area contributed by atoms with E-state index >= 15 is 0 Å². The normalized spacial score (nSPS) is 10.3. The van der Waals surface area contributed by atoms with E-state index in [-0.39, 0.29) is 12.5 Å². The van der Waals surface area contributed by atoms with Gasteiger partial charge in [-0.25, -0.2) is 10.2 Å². The van der Waals surface area contributed by atoms with Gasteiger partial charge in [-0.2, -0.15) is 5.10 Å². The Labute approximate surface area is 145 Å². The van der Waals surface area contributed by atoms with Crippen LogP contribution in [-0.2, 0) is 9.53 Å². The number of methoxy groups -OCH3 is 2. The highest BCUT2D eigenvalue weighted by Crippen LogP contribution is 2.22. The van der Waals surface area contributed by atoms with Crippen LogP contribution in [0, 0.1) is 0 Å². The number of rotatable bonds is 7. The van der Waals surface area contributed by atoms with Crippen LogP contribution in [-0.4, -0.2) is 38.9 Å². The highest BCUT2D eigenvalue weighted by molar-refractivity contribution is 5.91. The predicted molar refractivity (Wildman–Crippen MR) is 95.0 cm³/mol. The van der Waals surface area contributed by atoms with Crippen molar-refractivity contribution in [2.45, 2.75) is 0 Å². The Morgan fingerprint density at radius 1 is 1.08 bits per heavy atom. The van der Waals surface area contributed by atoms with Crippen molar-refractivity contribution in [2.75, 3.05) is 26.1 Å². The first-order chi connectivity index (χ1) is 12.1. The maximum Gasteiger partial charge on any atom is 0.337 e. The van der Waals surface area contributed by atoms with Crippen molar-refractivity contribution >= 4 is 23.8 Å². The Hall–Kier alpha value is -3.35. The summed E-state index contributed by atoms with van der Waals surface area (Å²) < 4.78 is 9.82. The molecule has 130 valence electrons. The van der Waals surface area contributed by atoms with E-state index in [4.69, 9.17) is 4.74 Å². The number of hydrogen-bond donors (Lipinski definition) is 2. The fraction of sp³-hybridized carbons (Fsp3) is 0.167. The lowest BCUT2D eigenvalue weighted by Gasteiger charge is -2.09. The summed E-state index contributed by atoms with van der Waals surface area (Å²) >= 11 is 0. The molecule has 0 aliphatic heterocycles. The van der Waals surface area contributed by atoms with Crippen LogP contribution in [0.2, 0.25) is 0 Å². The lowest BCUT2D eigenvalue weighted by molar-refractivity contribution is -0.119. The summed E-state index contributed by atoms with van der Waals surface area (Å²) in [5.41, 5.74) is 4.34. The van der Waals surface area contributed by atoms with Gasteiger partial charge >= 0.3 is 5.97 Å². The number of carbonyl (C=O) groups excluding carboxylic acids is 2. The largest absolute Gasteiger partial charge is 0.495 e. The first-order valence-electron chi connectivity index (χ1n) is 7.51. The second kappa shape index (κ2) is 9.07. The molecule has 0 aromatic heterocycles. The standard InChI is InChI=1S/C18H19N3O4/c1-24-16-6-4-3-5-15(16)19-12-17(22)21-20-11-13-7-9-14(10-8-13)18(23)25-2/h3-11,19H,12H2,1-2H3,(H,21,22).